The molecule has 1 atom stereocenters. The highest BCUT2D eigenvalue weighted by atomic mass is 32.1. The average Bonchev–Trinajstić information content (AvgIpc) is 3.39. The van der Waals surface area contributed by atoms with Crippen LogP contribution >= 0.6 is 11.3 Å². The Kier molecular flexibility index (Phi) is 5.79. The second-order valence-electron chi connectivity index (χ2n) is 8.10. The molecule has 3 aromatic rings. The topological polar surface area (TPSA) is 69.9 Å². The van der Waals surface area contributed by atoms with Gasteiger partial charge in [-0.15, -0.1) is 0 Å². The predicted molar refractivity (Wildman–Crippen MR) is 132 cm³/mol. The SMILES string of the molecule is CCOC(=O)C1=C(C)N=c2s/c(=C/C3=CCc4ccccc43)c(=O)n2C1c1ccc(OC)cc1. The van der Waals surface area contributed by atoms with Gasteiger partial charge in [-0.2, -0.15) is 0 Å². The van der Waals surface area contributed by atoms with Crippen LogP contribution in [-0.4, -0.2) is 24.3 Å². The molecule has 2 aliphatic rings. The third-order valence-electron chi connectivity index (χ3n) is 6.11. The fourth-order valence-corrected chi connectivity index (χ4v) is 5.52. The van der Waals surface area contributed by atoms with Crippen LogP contribution < -0.4 is 19.6 Å². The molecule has 7 heteroatoms. The summed E-state index contributed by atoms with van der Waals surface area (Å²) in [6, 6.07) is 15.0. The number of allylic oxidation sites excluding steroid dienone is 3. The van der Waals surface area contributed by atoms with Gasteiger partial charge in [-0.05, 0) is 60.7 Å². The zero-order valence-electron chi connectivity index (χ0n) is 19.2. The van der Waals surface area contributed by atoms with Crippen LogP contribution in [0.5, 0.6) is 5.75 Å². The minimum absolute atomic E-state index is 0.177. The van der Waals surface area contributed by atoms with E-state index >= 15 is 0 Å². The highest BCUT2D eigenvalue weighted by molar-refractivity contribution is 7.07. The van der Waals surface area contributed by atoms with Crippen LogP contribution in [0.15, 0.2) is 75.7 Å². The summed E-state index contributed by atoms with van der Waals surface area (Å²) in [5.41, 5.74) is 4.96. The van der Waals surface area contributed by atoms with Gasteiger partial charge in [0.15, 0.2) is 4.80 Å². The Morgan fingerprint density at radius 2 is 1.97 bits per heavy atom. The normalized spacial score (nSPS) is 17.1. The summed E-state index contributed by atoms with van der Waals surface area (Å²) >= 11 is 1.34. The quantitative estimate of drug-likeness (QED) is 0.534. The highest BCUT2D eigenvalue weighted by Crippen LogP contribution is 2.32. The maximum absolute atomic E-state index is 13.7. The van der Waals surface area contributed by atoms with Crippen LogP contribution in [0.25, 0.3) is 11.6 Å². The number of hydrogen-bond acceptors (Lipinski definition) is 6. The van der Waals surface area contributed by atoms with Gasteiger partial charge in [0.05, 0.1) is 35.6 Å². The Hall–Kier alpha value is -3.71. The average molecular weight is 473 g/mol. The Morgan fingerprint density at radius 1 is 1.21 bits per heavy atom. The lowest BCUT2D eigenvalue weighted by Gasteiger charge is -2.24. The summed E-state index contributed by atoms with van der Waals surface area (Å²) in [4.78, 5) is 31.9. The van der Waals surface area contributed by atoms with Gasteiger partial charge in [-0.3, -0.25) is 9.36 Å². The Balaban J connectivity index is 1.69. The van der Waals surface area contributed by atoms with Gasteiger partial charge in [0.2, 0.25) is 0 Å². The molecule has 0 fully saturated rings. The van der Waals surface area contributed by atoms with Crippen LogP contribution in [0.3, 0.4) is 0 Å². The molecular weight excluding hydrogens is 448 g/mol. The van der Waals surface area contributed by atoms with Gasteiger partial charge in [-0.25, -0.2) is 9.79 Å². The van der Waals surface area contributed by atoms with E-state index in [4.69, 9.17) is 9.47 Å². The van der Waals surface area contributed by atoms with E-state index in [1.807, 2.05) is 42.5 Å². The Bertz CT molecular complexity index is 1520. The molecule has 1 unspecified atom stereocenters. The number of rotatable bonds is 5. The third kappa shape index (κ3) is 3.72. The van der Waals surface area contributed by atoms with Crippen molar-refractivity contribution in [3.63, 3.8) is 0 Å². The maximum atomic E-state index is 13.7. The van der Waals surface area contributed by atoms with Crippen LogP contribution in [-0.2, 0) is 16.0 Å². The summed E-state index contributed by atoms with van der Waals surface area (Å²) in [6.07, 6.45) is 4.92. The number of aromatic nitrogens is 1. The number of ether oxygens (including phenoxy) is 2. The van der Waals surface area contributed by atoms with E-state index in [1.54, 1.807) is 25.5 Å². The number of carbonyl (C=O) groups excluding carboxylic acids is 1. The van der Waals surface area contributed by atoms with Crippen molar-refractivity contribution in [1.82, 2.24) is 4.57 Å². The molecule has 34 heavy (non-hydrogen) atoms. The molecule has 0 amide bonds. The van der Waals surface area contributed by atoms with Gasteiger partial charge < -0.3 is 9.47 Å². The molecule has 2 aromatic carbocycles. The van der Waals surface area contributed by atoms with Crippen molar-refractivity contribution in [1.29, 1.82) is 0 Å². The molecular formula is C27H24N2O4S. The summed E-state index contributed by atoms with van der Waals surface area (Å²) < 4.78 is 12.8. The van der Waals surface area contributed by atoms with Crippen LogP contribution in [0.1, 0.15) is 36.6 Å². The number of benzene rings is 2. The summed E-state index contributed by atoms with van der Waals surface area (Å²) in [5.74, 6) is 0.229. The second kappa shape index (κ2) is 8.91. The maximum Gasteiger partial charge on any atom is 0.338 e. The monoisotopic (exact) mass is 472 g/mol. The van der Waals surface area contributed by atoms with E-state index in [2.05, 4.69) is 23.2 Å². The van der Waals surface area contributed by atoms with Crippen molar-refractivity contribution in [2.45, 2.75) is 26.3 Å². The van der Waals surface area contributed by atoms with Crippen LogP contribution in [0.4, 0.5) is 0 Å². The first-order valence-electron chi connectivity index (χ1n) is 11.1. The van der Waals surface area contributed by atoms with Gasteiger partial charge in [0.25, 0.3) is 5.56 Å². The van der Waals surface area contributed by atoms with E-state index in [-0.39, 0.29) is 12.2 Å². The van der Waals surface area contributed by atoms with Crippen LogP contribution in [0.2, 0.25) is 0 Å². The number of hydrogen-bond donors (Lipinski definition) is 0. The van der Waals surface area contributed by atoms with E-state index in [0.29, 0.717) is 26.4 Å². The minimum atomic E-state index is -0.631. The molecule has 1 aromatic heterocycles. The first-order valence-corrected chi connectivity index (χ1v) is 12.0. The third-order valence-corrected chi connectivity index (χ3v) is 7.09. The first kappa shape index (κ1) is 22.1. The van der Waals surface area contributed by atoms with E-state index in [0.717, 1.165) is 23.1 Å². The van der Waals surface area contributed by atoms with Crippen molar-refractivity contribution >= 4 is 29.0 Å². The Morgan fingerprint density at radius 3 is 2.71 bits per heavy atom. The fourth-order valence-electron chi connectivity index (χ4n) is 4.48. The molecule has 0 spiro atoms. The molecule has 6 nitrogen and oxygen atoms in total. The van der Waals surface area contributed by atoms with Crippen molar-refractivity contribution in [3.05, 3.63) is 102 Å². The molecule has 0 saturated heterocycles. The molecule has 0 bridgehead atoms. The minimum Gasteiger partial charge on any atom is -0.497 e. The molecule has 5 rings (SSSR count). The lowest BCUT2D eigenvalue weighted by Crippen LogP contribution is -2.39. The molecule has 0 saturated carbocycles. The number of esters is 1. The lowest BCUT2D eigenvalue weighted by atomic mass is 9.96. The largest absolute Gasteiger partial charge is 0.497 e. The van der Waals surface area contributed by atoms with Crippen molar-refractivity contribution < 1.29 is 14.3 Å². The number of carbonyl (C=O) groups is 1. The number of nitrogens with zero attached hydrogens (tertiary/aromatic N) is 2. The molecule has 1 aliphatic heterocycles. The van der Waals surface area contributed by atoms with E-state index < -0.39 is 12.0 Å². The lowest BCUT2D eigenvalue weighted by molar-refractivity contribution is -0.139. The number of thiazole rings is 1. The van der Waals surface area contributed by atoms with Crippen molar-refractivity contribution in [3.8, 4) is 5.75 Å². The zero-order valence-corrected chi connectivity index (χ0v) is 20.0. The molecule has 0 radical (unpaired) electrons. The molecule has 1 aliphatic carbocycles. The summed E-state index contributed by atoms with van der Waals surface area (Å²) in [7, 11) is 1.60. The predicted octanol–water partition coefficient (Wildman–Crippen LogP) is 3.40. The smallest absolute Gasteiger partial charge is 0.338 e. The second-order valence-corrected chi connectivity index (χ2v) is 9.11. The highest BCUT2D eigenvalue weighted by Gasteiger charge is 2.33. The molecule has 172 valence electrons. The van der Waals surface area contributed by atoms with Gasteiger partial charge >= 0.3 is 5.97 Å². The summed E-state index contributed by atoms with van der Waals surface area (Å²) in [5, 5.41) is 0. The van der Waals surface area contributed by atoms with Crippen molar-refractivity contribution in [2.75, 3.05) is 13.7 Å². The zero-order chi connectivity index (χ0) is 23.8. The number of fused-ring (bicyclic) bond motifs is 2. The Labute approximate surface area is 200 Å². The molecule has 2 heterocycles. The summed E-state index contributed by atoms with van der Waals surface area (Å²) in [6.45, 7) is 3.79. The number of methoxy groups -OCH3 is 1. The first-order chi connectivity index (χ1) is 16.5. The standard InChI is InChI=1S/C27H24N2O4S/c1-4-33-26(31)23-16(2)28-27-29(24(23)18-11-13-20(32-3)14-12-18)25(30)22(34-27)15-19-10-9-17-7-5-6-8-21(17)19/h5-8,10-15,24H,4,9H2,1-3H3/b22-15+. The van der Waals surface area contributed by atoms with E-state index in [9.17, 15) is 9.59 Å². The van der Waals surface area contributed by atoms with E-state index in [1.165, 1.54) is 16.9 Å². The van der Waals surface area contributed by atoms with Gasteiger partial charge in [0.1, 0.15) is 5.75 Å². The van der Waals surface area contributed by atoms with Gasteiger partial charge in [-0.1, -0.05) is 53.8 Å². The fraction of sp³-hybridized carbons (Fsp3) is 0.222. The van der Waals surface area contributed by atoms with Crippen LogP contribution in [0, 0.1) is 0 Å². The van der Waals surface area contributed by atoms with Crippen molar-refractivity contribution in [2.24, 2.45) is 4.99 Å². The van der Waals surface area contributed by atoms with Gasteiger partial charge in [0, 0.05) is 0 Å². The molecule has 0 N–H and O–H groups in total.